The van der Waals surface area contributed by atoms with Crippen molar-refractivity contribution in [2.75, 3.05) is 18.2 Å². The number of hydrogen-bond acceptors (Lipinski definition) is 7. The summed E-state index contributed by atoms with van der Waals surface area (Å²) in [6.45, 7) is 4.67. The minimum atomic E-state index is -0.581. The van der Waals surface area contributed by atoms with Gasteiger partial charge in [0.2, 0.25) is 5.91 Å². The summed E-state index contributed by atoms with van der Waals surface area (Å²) in [5.41, 5.74) is 3.54. The van der Waals surface area contributed by atoms with Gasteiger partial charge >= 0.3 is 5.97 Å². The van der Waals surface area contributed by atoms with E-state index < -0.39 is 5.97 Å². The summed E-state index contributed by atoms with van der Waals surface area (Å²) in [4.78, 5) is 25.3. The van der Waals surface area contributed by atoms with Crippen molar-refractivity contribution in [2.24, 2.45) is 0 Å². The van der Waals surface area contributed by atoms with E-state index in [2.05, 4.69) is 15.5 Å². The number of thiophene rings is 1. The van der Waals surface area contributed by atoms with Crippen LogP contribution in [0.2, 0.25) is 0 Å². The van der Waals surface area contributed by atoms with E-state index in [1.165, 1.54) is 42.3 Å². The molecule has 4 rings (SSSR count). The van der Waals surface area contributed by atoms with Crippen LogP contribution in [-0.4, -0.2) is 39.5 Å². The van der Waals surface area contributed by atoms with E-state index >= 15 is 0 Å². The Morgan fingerprint density at radius 1 is 1.11 bits per heavy atom. The van der Waals surface area contributed by atoms with Gasteiger partial charge in [-0.15, -0.1) is 21.5 Å². The van der Waals surface area contributed by atoms with Crippen molar-refractivity contribution >= 4 is 40.0 Å². The van der Waals surface area contributed by atoms with E-state index in [9.17, 15) is 14.0 Å². The summed E-state index contributed by atoms with van der Waals surface area (Å²) in [7, 11) is 1.28. The molecule has 0 aliphatic rings. The summed E-state index contributed by atoms with van der Waals surface area (Å²) >= 11 is 2.48. The third-order valence-electron chi connectivity index (χ3n) is 5.34. The van der Waals surface area contributed by atoms with Crippen LogP contribution in [0.4, 0.5) is 9.39 Å². The van der Waals surface area contributed by atoms with Crippen LogP contribution in [0.5, 0.6) is 0 Å². The summed E-state index contributed by atoms with van der Waals surface area (Å²) in [6, 6.07) is 13.7. The number of carbonyl (C=O) groups is 2. The van der Waals surface area contributed by atoms with E-state index in [0.717, 1.165) is 17.0 Å². The molecule has 7 nitrogen and oxygen atoms in total. The molecule has 0 atom stereocenters. The average molecular weight is 511 g/mol. The Kier molecular flexibility index (Phi) is 7.62. The Morgan fingerprint density at radius 3 is 2.54 bits per heavy atom. The fourth-order valence-electron chi connectivity index (χ4n) is 3.59. The molecular weight excluding hydrogens is 487 g/mol. The zero-order chi connectivity index (χ0) is 24.9. The zero-order valence-corrected chi connectivity index (χ0v) is 21.0. The van der Waals surface area contributed by atoms with E-state index in [0.29, 0.717) is 27.8 Å². The van der Waals surface area contributed by atoms with Crippen molar-refractivity contribution in [1.29, 1.82) is 0 Å². The molecule has 1 N–H and O–H groups in total. The van der Waals surface area contributed by atoms with Crippen LogP contribution in [0, 0.1) is 12.7 Å². The van der Waals surface area contributed by atoms with Crippen LogP contribution >= 0.6 is 23.1 Å². The molecule has 0 aliphatic heterocycles. The number of esters is 1. The van der Waals surface area contributed by atoms with Gasteiger partial charge < -0.3 is 14.6 Å². The number of methoxy groups -OCH3 is 1. The predicted molar refractivity (Wildman–Crippen MR) is 136 cm³/mol. The minimum absolute atomic E-state index is 0.0797. The molecule has 0 saturated carbocycles. The highest BCUT2D eigenvalue weighted by atomic mass is 32.2. The highest BCUT2D eigenvalue weighted by molar-refractivity contribution is 7.99. The highest BCUT2D eigenvalue weighted by Gasteiger charge is 2.23. The maximum Gasteiger partial charge on any atom is 0.341 e. The number of aryl methyl sites for hydroxylation is 1. The second-order valence-electron chi connectivity index (χ2n) is 7.55. The van der Waals surface area contributed by atoms with Crippen molar-refractivity contribution in [2.45, 2.75) is 25.5 Å². The topological polar surface area (TPSA) is 86.1 Å². The monoisotopic (exact) mass is 510 g/mol. The van der Waals surface area contributed by atoms with Crippen LogP contribution in [0.1, 0.15) is 22.8 Å². The molecule has 10 heteroatoms. The van der Waals surface area contributed by atoms with Gasteiger partial charge in [0.15, 0.2) is 11.0 Å². The molecule has 0 fully saturated rings. The standard InChI is InChI=1S/C25H23FN4O3S2/c1-4-30-22(18-8-6-5-7-15(18)2)28-29-25(30)35-14-20(31)27-23-21(24(32)33-3)19(13-34-23)16-9-11-17(26)12-10-16/h5-13H,4,14H2,1-3H3,(H,27,31). The summed E-state index contributed by atoms with van der Waals surface area (Å²) in [5, 5.41) is 14.2. The predicted octanol–water partition coefficient (Wildman–Crippen LogP) is 5.66. The molecule has 35 heavy (non-hydrogen) atoms. The number of hydrogen-bond donors (Lipinski definition) is 1. The van der Waals surface area contributed by atoms with Gasteiger partial charge in [-0.3, -0.25) is 4.79 Å². The SMILES string of the molecule is CCn1c(SCC(=O)Nc2scc(-c3ccc(F)cc3)c2C(=O)OC)nnc1-c1ccccc1C. The van der Waals surface area contributed by atoms with Gasteiger partial charge in [-0.25, -0.2) is 9.18 Å². The Hall–Kier alpha value is -3.50. The highest BCUT2D eigenvalue weighted by Crippen LogP contribution is 2.36. The molecule has 1 amide bonds. The number of thioether (sulfide) groups is 1. The maximum absolute atomic E-state index is 13.3. The largest absolute Gasteiger partial charge is 0.465 e. The second kappa shape index (κ2) is 10.8. The average Bonchev–Trinajstić information content (AvgIpc) is 3.47. The minimum Gasteiger partial charge on any atom is -0.465 e. The second-order valence-corrected chi connectivity index (χ2v) is 9.38. The fourth-order valence-corrected chi connectivity index (χ4v) is 5.37. The maximum atomic E-state index is 13.3. The summed E-state index contributed by atoms with van der Waals surface area (Å²) in [5.74, 6) is -0.419. The lowest BCUT2D eigenvalue weighted by molar-refractivity contribution is -0.113. The molecule has 180 valence electrons. The summed E-state index contributed by atoms with van der Waals surface area (Å²) in [6.07, 6.45) is 0. The van der Waals surface area contributed by atoms with Crippen LogP contribution in [-0.2, 0) is 16.1 Å². The van der Waals surface area contributed by atoms with Gasteiger partial charge in [-0.05, 0) is 37.1 Å². The van der Waals surface area contributed by atoms with Gasteiger partial charge in [-0.2, -0.15) is 0 Å². The molecule has 0 spiro atoms. The van der Waals surface area contributed by atoms with E-state index in [4.69, 9.17) is 4.74 Å². The molecule has 0 radical (unpaired) electrons. The Bertz CT molecular complexity index is 1370. The number of amides is 1. The lowest BCUT2D eigenvalue weighted by Crippen LogP contribution is -2.16. The number of carbonyl (C=O) groups excluding carboxylic acids is 2. The normalized spacial score (nSPS) is 10.9. The number of aromatic nitrogens is 3. The molecule has 0 bridgehead atoms. The first-order valence-electron chi connectivity index (χ1n) is 10.8. The van der Waals surface area contributed by atoms with Crippen molar-refractivity contribution in [3.05, 3.63) is 70.9 Å². The van der Waals surface area contributed by atoms with Gasteiger partial charge in [0.1, 0.15) is 16.4 Å². The van der Waals surface area contributed by atoms with Gasteiger partial charge in [0.05, 0.1) is 12.9 Å². The van der Waals surface area contributed by atoms with Gasteiger partial charge in [0.25, 0.3) is 0 Å². The third-order valence-corrected chi connectivity index (χ3v) is 7.20. The van der Waals surface area contributed by atoms with E-state index in [-0.39, 0.29) is 23.0 Å². The van der Waals surface area contributed by atoms with Crippen LogP contribution in [0.3, 0.4) is 0 Å². The molecular formula is C25H23FN4O3S2. The van der Waals surface area contributed by atoms with Crippen molar-refractivity contribution < 1.29 is 18.7 Å². The fraction of sp³-hybridized carbons (Fsp3) is 0.200. The number of anilines is 1. The Labute approximate surface area is 210 Å². The lowest BCUT2D eigenvalue weighted by Gasteiger charge is -2.10. The molecule has 2 aromatic carbocycles. The molecule has 0 aliphatic carbocycles. The number of rotatable bonds is 8. The van der Waals surface area contributed by atoms with Gasteiger partial charge in [0, 0.05) is 23.1 Å². The molecule has 2 aromatic heterocycles. The quantitative estimate of drug-likeness (QED) is 0.243. The number of nitrogens with one attached hydrogen (secondary N) is 1. The number of benzene rings is 2. The van der Waals surface area contributed by atoms with Crippen molar-refractivity contribution in [3.8, 4) is 22.5 Å². The molecule has 0 unspecified atom stereocenters. The Morgan fingerprint density at radius 2 is 1.86 bits per heavy atom. The number of halogens is 1. The first-order chi connectivity index (χ1) is 16.9. The molecule has 4 aromatic rings. The van der Waals surface area contributed by atoms with E-state index in [1.807, 2.05) is 42.7 Å². The third kappa shape index (κ3) is 5.28. The van der Waals surface area contributed by atoms with Gasteiger partial charge in [-0.1, -0.05) is 48.2 Å². The zero-order valence-electron chi connectivity index (χ0n) is 19.4. The Balaban J connectivity index is 1.51. The van der Waals surface area contributed by atoms with Crippen LogP contribution < -0.4 is 5.32 Å². The molecule has 2 heterocycles. The number of ether oxygens (including phenoxy) is 1. The van der Waals surface area contributed by atoms with Crippen LogP contribution in [0.25, 0.3) is 22.5 Å². The first-order valence-corrected chi connectivity index (χ1v) is 12.7. The van der Waals surface area contributed by atoms with Crippen LogP contribution in [0.15, 0.2) is 59.1 Å². The van der Waals surface area contributed by atoms with Crippen molar-refractivity contribution in [1.82, 2.24) is 14.8 Å². The lowest BCUT2D eigenvalue weighted by atomic mass is 10.0. The summed E-state index contributed by atoms with van der Waals surface area (Å²) < 4.78 is 20.2. The molecule has 0 saturated heterocycles. The smallest absolute Gasteiger partial charge is 0.341 e. The van der Waals surface area contributed by atoms with E-state index in [1.54, 1.807) is 17.5 Å². The van der Waals surface area contributed by atoms with Crippen molar-refractivity contribution in [3.63, 3.8) is 0 Å². The first kappa shape index (κ1) is 24.6. The number of nitrogens with zero attached hydrogens (tertiary/aromatic N) is 3.